The number of nitrogens with zero attached hydrogens (tertiary/aromatic N) is 1. The Morgan fingerprint density at radius 3 is 2.40 bits per heavy atom. The minimum absolute atomic E-state index is 0.0341. The molecule has 0 spiro atoms. The Kier molecular flexibility index (Phi) is 3.07. The summed E-state index contributed by atoms with van der Waals surface area (Å²) in [4.78, 5) is 17.1. The Morgan fingerprint density at radius 1 is 0.850 bits per heavy atom. The summed E-state index contributed by atoms with van der Waals surface area (Å²) in [7, 11) is 0. The number of hydrogen-bond donors (Lipinski definition) is 0. The molecule has 0 unspecified atom stereocenters. The van der Waals surface area contributed by atoms with E-state index in [1.165, 1.54) is 0 Å². The minimum Gasteiger partial charge on any atom is -0.289 e. The second-order valence-electron chi connectivity index (χ2n) is 4.94. The van der Waals surface area contributed by atoms with Crippen LogP contribution in [-0.2, 0) is 0 Å². The third kappa shape index (κ3) is 2.10. The van der Waals surface area contributed by atoms with Crippen molar-refractivity contribution >= 4 is 16.6 Å². The first-order chi connectivity index (χ1) is 9.66. The van der Waals surface area contributed by atoms with Gasteiger partial charge in [0.15, 0.2) is 5.78 Å². The largest absolute Gasteiger partial charge is 0.289 e. The van der Waals surface area contributed by atoms with Crippen LogP contribution in [0.25, 0.3) is 10.8 Å². The molecule has 98 valence electrons. The van der Waals surface area contributed by atoms with Crippen LogP contribution in [-0.4, -0.2) is 10.8 Å². The molecule has 0 atom stereocenters. The standard InChI is InChI=1S/C18H15NO/c1-12-10-11-15(13(2)19-12)18(20)17-9-5-7-14-6-3-4-8-16(14)17/h3-11H,1-2H3. The summed E-state index contributed by atoms with van der Waals surface area (Å²) in [6, 6.07) is 17.5. The average Bonchev–Trinajstić information content (AvgIpc) is 2.46. The van der Waals surface area contributed by atoms with Crippen molar-refractivity contribution in [2.45, 2.75) is 13.8 Å². The number of rotatable bonds is 2. The van der Waals surface area contributed by atoms with Gasteiger partial charge >= 0.3 is 0 Å². The number of ketones is 1. The predicted molar refractivity (Wildman–Crippen MR) is 81.1 cm³/mol. The molecule has 0 amide bonds. The molecule has 2 heteroatoms. The topological polar surface area (TPSA) is 30.0 Å². The smallest absolute Gasteiger partial charge is 0.195 e. The van der Waals surface area contributed by atoms with Gasteiger partial charge in [-0.2, -0.15) is 0 Å². The SMILES string of the molecule is Cc1ccc(C(=O)c2cccc3ccccc23)c(C)n1. The van der Waals surface area contributed by atoms with Gasteiger partial charge in [-0.05, 0) is 36.8 Å². The van der Waals surface area contributed by atoms with Crippen molar-refractivity contribution in [2.24, 2.45) is 0 Å². The number of fused-ring (bicyclic) bond motifs is 1. The monoisotopic (exact) mass is 261 g/mol. The first-order valence-corrected chi connectivity index (χ1v) is 6.63. The number of hydrogen-bond acceptors (Lipinski definition) is 2. The van der Waals surface area contributed by atoms with E-state index in [4.69, 9.17) is 0 Å². The zero-order valence-electron chi connectivity index (χ0n) is 11.6. The molecule has 0 saturated carbocycles. The van der Waals surface area contributed by atoms with Crippen LogP contribution >= 0.6 is 0 Å². The number of aryl methyl sites for hydroxylation is 2. The van der Waals surface area contributed by atoms with E-state index in [0.717, 1.165) is 27.7 Å². The highest BCUT2D eigenvalue weighted by Gasteiger charge is 2.14. The summed E-state index contributed by atoms with van der Waals surface area (Å²) >= 11 is 0. The van der Waals surface area contributed by atoms with E-state index >= 15 is 0 Å². The average molecular weight is 261 g/mol. The lowest BCUT2D eigenvalue weighted by Gasteiger charge is -2.08. The first-order valence-electron chi connectivity index (χ1n) is 6.63. The molecule has 0 aliphatic rings. The van der Waals surface area contributed by atoms with Crippen LogP contribution in [0.3, 0.4) is 0 Å². The van der Waals surface area contributed by atoms with Crippen molar-refractivity contribution in [3.8, 4) is 0 Å². The van der Waals surface area contributed by atoms with E-state index in [1.807, 2.05) is 68.4 Å². The van der Waals surface area contributed by atoms with Crippen molar-refractivity contribution in [1.82, 2.24) is 4.98 Å². The zero-order chi connectivity index (χ0) is 14.1. The van der Waals surface area contributed by atoms with E-state index in [1.54, 1.807) is 0 Å². The lowest BCUT2D eigenvalue weighted by Crippen LogP contribution is -2.06. The Bertz CT molecular complexity index is 800. The van der Waals surface area contributed by atoms with Crippen LogP contribution in [0, 0.1) is 13.8 Å². The molecule has 20 heavy (non-hydrogen) atoms. The third-order valence-electron chi connectivity index (χ3n) is 3.50. The first kappa shape index (κ1) is 12.5. The molecule has 0 bridgehead atoms. The highest BCUT2D eigenvalue weighted by atomic mass is 16.1. The summed E-state index contributed by atoms with van der Waals surface area (Å²) in [5.74, 6) is 0.0341. The minimum atomic E-state index is 0.0341. The summed E-state index contributed by atoms with van der Waals surface area (Å²) in [5, 5.41) is 2.07. The van der Waals surface area contributed by atoms with Gasteiger partial charge in [0.05, 0.1) is 0 Å². The van der Waals surface area contributed by atoms with Gasteiger partial charge in [-0.25, -0.2) is 0 Å². The maximum absolute atomic E-state index is 12.8. The van der Waals surface area contributed by atoms with E-state index < -0.39 is 0 Å². The number of pyridine rings is 1. The molecule has 0 saturated heterocycles. The van der Waals surface area contributed by atoms with Gasteiger partial charge in [0.1, 0.15) is 0 Å². The van der Waals surface area contributed by atoms with Crippen molar-refractivity contribution in [3.05, 3.63) is 77.1 Å². The molecule has 0 radical (unpaired) electrons. The molecular formula is C18H15NO. The molecular weight excluding hydrogens is 246 g/mol. The van der Waals surface area contributed by atoms with Crippen LogP contribution in [0.2, 0.25) is 0 Å². The Balaban J connectivity index is 2.18. The summed E-state index contributed by atoms with van der Waals surface area (Å²) in [6.45, 7) is 3.81. The van der Waals surface area contributed by atoms with Crippen LogP contribution in [0.4, 0.5) is 0 Å². The second kappa shape index (κ2) is 4.89. The quantitative estimate of drug-likeness (QED) is 0.650. The van der Waals surface area contributed by atoms with E-state index in [-0.39, 0.29) is 5.78 Å². The predicted octanol–water partition coefficient (Wildman–Crippen LogP) is 4.08. The maximum atomic E-state index is 12.8. The summed E-state index contributed by atoms with van der Waals surface area (Å²) in [6.07, 6.45) is 0. The molecule has 1 aromatic heterocycles. The molecule has 0 fully saturated rings. The fraction of sp³-hybridized carbons (Fsp3) is 0.111. The van der Waals surface area contributed by atoms with Crippen molar-refractivity contribution in [2.75, 3.05) is 0 Å². The molecule has 3 rings (SSSR count). The fourth-order valence-corrected chi connectivity index (χ4v) is 2.50. The number of aromatic nitrogens is 1. The zero-order valence-corrected chi connectivity index (χ0v) is 11.6. The Morgan fingerprint density at radius 2 is 1.60 bits per heavy atom. The molecule has 0 aliphatic heterocycles. The van der Waals surface area contributed by atoms with Gasteiger partial charge in [-0.15, -0.1) is 0 Å². The van der Waals surface area contributed by atoms with Crippen LogP contribution < -0.4 is 0 Å². The van der Waals surface area contributed by atoms with Crippen molar-refractivity contribution in [3.63, 3.8) is 0 Å². The van der Waals surface area contributed by atoms with Crippen LogP contribution in [0.1, 0.15) is 27.3 Å². The van der Waals surface area contributed by atoms with Gasteiger partial charge in [0.2, 0.25) is 0 Å². The molecule has 2 aromatic carbocycles. The van der Waals surface area contributed by atoms with E-state index in [2.05, 4.69) is 4.98 Å². The van der Waals surface area contributed by atoms with Gasteiger partial charge in [0.25, 0.3) is 0 Å². The summed E-state index contributed by atoms with van der Waals surface area (Å²) in [5.41, 5.74) is 3.11. The Hall–Kier alpha value is -2.48. The maximum Gasteiger partial charge on any atom is 0.195 e. The molecule has 0 N–H and O–H groups in total. The highest BCUT2D eigenvalue weighted by molar-refractivity contribution is 6.16. The van der Waals surface area contributed by atoms with E-state index in [9.17, 15) is 4.79 Å². The number of benzene rings is 2. The lowest BCUT2D eigenvalue weighted by atomic mass is 9.96. The van der Waals surface area contributed by atoms with Gasteiger partial charge in [0, 0.05) is 22.5 Å². The number of carbonyl (C=O) groups excluding carboxylic acids is 1. The van der Waals surface area contributed by atoms with Crippen LogP contribution in [0.5, 0.6) is 0 Å². The second-order valence-corrected chi connectivity index (χ2v) is 4.94. The Labute approximate surface area is 118 Å². The lowest BCUT2D eigenvalue weighted by molar-refractivity contribution is 0.103. The third-order valence-corrected chi connectivity index (χ3v) is 3.50. The number of carbonyl (C=O) groups is 1. The van der Waals surface area contributed by atoms with Crippen molar-refractivity contribution < 1.29 is 4.79 Å². The molecule has 3 aromatic rings. The van der Waals surface area contributed by atoms with Crippen LogP contribution in [0.15, 0.2) is 54.6 Å². The fourth-order valence-electron chi connectivity index (χ4n) is 2.50. The van der Waals surface area contributed by atoms with Gasteiger partial charge < -0.3 is 0 Å². The summed E-state index contributed by atoms with van der Waals surface area (Å²) < 4.78 is 0. The van der Waals surface area contributed by atoms with Gasteiger partial charge in [-0.1, -0.05) is 42.5 Å². The van der Waals surface area contributed by atoms with Gasteiger partial charge in [-0.3, -0.25) is 9.78 Å². The van der Waals surface area contributed by atoms with E-state index in [0.29, 0.717) is 5.56 Å². The molecule has 2 nitrogen and oxygen atoms in total. The highest BCUT2D eigenvalue weighted by Crippen LogP contribution is 2.22. The van der Waals surface area contributed by atoms with Crippen molar-refractivity contribution in [1.29, 1.82) is 0 Å². The molecule has 1 heterocycles. The normalized spacial score (nSPS) is 10.7. The molecule has 0 aliphatic carbocycles.